The predicted octanol–water partition coefficient (Wildman–Crippen LogP) is 1.86. The molecule has 0 aliphatic carbocycles. The molecule has 1 unspecified atom stereocenters. The first-order chi connectivity index (χ1) is 14.9. The lowest BCUT2D eigenvalue weighted by atomic mass is 10.1. The van der Waals surface area contributed by atoms with Crippen molar-refractivity contribution in [2.45, 2.75) is 45.8 Å². The number of likely N-dealkylation sites (tertiary alicyclic amines) is 1. The van der Waals surface area contributed by atoms with Crippen LogP contribution in [0.15, 0.2) is 36.5 Å². The highest BCUT2D eigenvalue weighted by Crippen LogP contribution is 2.24. The van der Waals surface area contributed by atoms with Gasteiger partial charge in [-0.3, -0.25) is 14.3 Å². The molecule has 1 atom stereocenters. The summed E-state index contributed by atoms with van der Waals surface area (Å²) in [6.45, 7) is 5.42. The third-order valence-electron chi connectivity index (χ3n) is 5.83. The minimum atomic E-state index is -0.268. The number of aryl methyl sites for hydroxylation is 2. The molecule has 1 aliphatic heterocycles. The molecular weight excluding hydrogens is 394 g/mol. The zero-order valence-electron chi connectivity index (χ0n) is 18.1. The SMILES string of the molecule is Cc1nn(C)c(C)c1C(=O)N1CCCC1Cn1cc(C(=O)NCc2ccccc2)nn1. The van der Waals surface area contributed by atoms with Crippen LogP contribution in [0.5, 0.6) is 0 Å². The Labute approximate surface area is 181 Å². The standard InChI is InChI=1S/C22H27N7O2/c1-15-20(16(2)27(3)25-15)22(31)29-11-7-10-18(29)13-28-14-19(24-26-28)21(30)23-12-17-8-5-4-6-9-17/h4-6,8-9,14,18H,7,10-13H2,1-3H3,(H,23,30). The van der Waals surface area contributed by atoms with Gasteiger partial charge in [0.05, 0.1) is 30.0 Å². The Balaban J connectivity index is 1.40. The van der Waals surface area contributed by atoms with Gasteiger partial charge in [0, 0.05) is 25.8 Å². The Kier molecular flexibility index (Phi) is 5.83. The number of hydrogen-bond acceptors (Lipinski definition) is 5. The van der Waals surface area contributed by atoms with E-state index >= 15 is 0 Å². The summed E-state index contributed by atoms with van der Waals surface area (Å²) in [7, 11) is 1.85. The Hall–Kier alpha value is -3.49. The lowest BCUT2D eigenvalue weighted by Gasteiger charge is -2.24. The van der Waals surface area contributed by atoms with Gasteiger partial charge in [0.25, 0.3) is 11.8 Å². The van der Waals surface area contributed by atoms with E-state index in [2.05, 4.69) is 20.7 Å². The van der Waals surface area contributed by atoms with Gasteiger partial charge in [0.15, 0.2) is 5.69 Å². The highest BCUT2D eigenvalue weighted by molar-refractivity contribution is 5.96. The topological polar surface area (TPSA) is 97.9 Å². The summed E-state index contributed by atoms with van der Waals surface area (Å²) >= 11 is 0. The van der Waals surface area contributed by atoms with Gasteiger partial charge in [-0.1, -0.05) is 35.5 Å². The van der Waals surface area contributed by atoms with Gasteiger partial charge >= 0.3 is 0 Å². The Morgan fingerprint density at radius 2 is 1.97 bits per heavy atom. The molecule has 1 fully saturated rings. The number of carbonyl (C=O) groups excluding carboxylic acids is 2. The largest absolute Gasteiger partial charge is 0.347 e. The highest BCUT2D eigenvalue weighted by Gasteiger charge is 2.32. The van der Waals surface area contributed by atoms with Crippen molar-refractivity contribution in [1.82, 2.24) is 35.0 Å². The van der Waals surface area contributed by atoms with Gasteiger partial charge in [-0.2, -0.15) is 5.10 Å². The lowest BCUT2D eigenvalue weighted by molar-refractivity contribution is 0.0719. The fourth-order valence-corrected chi connectivity index (χ4v) is 4.10. The number of nitrogens with one attached hydrogen (secondary N) is 1. The molecule has 0 radical (unpaired) electrons. The fourth-order valence-electron chi connectivity index (χ4n) is 4.10. The number of nitrogens with zero attached hydrogens (tertiary/aromatic N) is 6. The first-order valence-electron chi connectivity index (χ1n) is 10.5. The quantitative estimate of drug-likeness (QED) is 0.655. The van der Waals surface area contributed by atoms with Crippen molar-refractivity contribution in [3.8, 4) is 0 Å². The second kappa shape index (κ2) is 8.71. The van der Waals surface area contributed by atoms with Crippen LogP contribution in [-0.4, -0.2) is 54.1 Å². The Morgan fingerprint density at radius 3 is 2.68 bits per heavy atom. The van der Waals surface area contributed by atoms with E-state index in [4.69, 9.17) is 0 Å². The third-order valence-corrected chi connectivity index (χ3v) is 5.83. The van der Waals surface area contributed by atoms with E-state index in [9.17, 15) is 9.59 Å². The molecular formula is C22H27N7O2. The summed E-state index contributed by atoms with van der Waals surface area (Å²) in [5.41, 5.74) is 3.57. The Morgan fingerprint density at radius 1 is 1.19 bits per heavy atom. The van der Waals surface area contributed by atoms with Crippen LogP contribution in [0.3, 0.4) is 0 Å². The van der Waals surface area contributed by atoms with Gasteiger partial charge < -0.3 is 10.2 Å². The number of amides is 2. The van der Waals surface area contributed by atoms with E-state index in [0.29, 0.717) is 25.2 Å². The van der Waals surface area contributed by atoms with Crippen LogP contribution in [0.25, 0.3) is 0 Å². The number of rotatable bonds is 6. The molecule has 1 aromatic carbocycles. The van der Waals surface area contributed by atoms with Crippen LogP contribution >= 0.6 is 0 Å². The summed E-state index contributed by atoms with van der Waals surface area (Å²) in [5, 5.41) is 15.4. The lowest BCUT2D eigenvalue weighted by Crippen LogP contribution is -2.38. The molecule has 3 heterocycles. The van der Waals surface area contributed by atoms with Crippen LogP contribution in [0.1, 0.15) is 50.6 Å². The highest BCUT2D eigenvalue weighted by atomic mass is 16.2. The molecule has 9 heteroatoms. The molecule has 2 amide bonds. The smallest absolute Gasteiger partial charge is 0.273 e. The van der Waals surface area contributed by atoms with Gasteiger partial charge in [-0.25, -0.2) is 4.68 Å². The summed E-state index contributed by atoms with van der Waals surface area (Å²) in [5.74, 6) is -0.261. The average molecular weight is 422 g/mol. The fraction of sp³-hybridized carbons (Fsp3) is 0.409. The second-order valence-corrected chi connectivity index (χ2v) is 7.96. The van der Waals surface area contributed by atoms with E-state index in [-0.39, 0.29) is 23.6 Å². The molecule has 9 nitrogen and oxygen atoms in total. The summed E-state index contributed by atoms with van der Waals surface area (Å²) in [6.07, 6.45) is 3.47. The van der Waals surface area contributed by atoms with Crippen molar-refractivity contribution in [2.24, 2.45) is 7.05 Å². The zero-order valence-corrected chi connectivity index (χ0v) is 18.1. The van der Waals surface area contributed by atoms with Crippen molar-refractivity contribution in [2.75, 3.05) is 6.54 Å². The maximum atomic E-state index is 13.2. The molecule has 3 aromatic rings. The maximum absolute atomic E-state index is 13.2. The van der Waals surface area contributed by atoms with Crippen LogP contribution in [0.4, 0.5) is 0 Å². The van der Waals surface area contributed by atoms with Crippen LogP contribution in [0, 0.1) is 13.8 Å². The van der Waals surface area contributed by atoms with Crippen molar-refractivity contribution < 1.29 is 9.59 Å². The molecule has 31 heavy (non-hydrogen) atoms. The first-order valence-corrected chi connectivity index (χ1v) is 10.5. The molecule has 162 valence electrons. The van der Waals surface area contributed by atoms with E-state index in [1.807, 2.05) is 56.1 Å². The van der Waals surface area contributed by atoms with Gasteiger partial charge in [0.1, 0.15) is 0 Å². The second-order valence-electron chi connectivity index (χ2n) is 7.96. The number of hydrogen-bond donors (Lipinski definition) is 1. The average Bonchev–Trinajstić information content (AvgIpc) is 3.47. The van der Waals surface area contributed by atoms with Gasteiger partial charge in [0.2, 0.25) is 0 Å². The van der Waals surface area contributed by atoms with E-state index < -0.39 is 0 Å². The molecule has 0 saturated carbocycles. The zero-order chi connectivity index (χ0) is 22.0. The van der Waals surface area contributed by atoms with Crippen molar-refractivity contribution in [1.29, 1.82) is 0 Å². The predicted molar refractivity (Wildman–Crippen MR) is 114 cm³/mol. The molecule has 0 bridgehead atoms. The first kappa shape index (κ1) is 20.8. The van der Waals surface area contributed by atoms with Crippen molar-refractivity contribution in [3.05, 3.63) is 64.7 Å². The molecule has 4 rings (SSSR count). The normalized spacial score (nSPS) is 16.0. The maximum Gasteiger partial charge on any atom is 0.273 e. The van der Waals surface area contributed by atoms with E-state index in [1.54, 1.807) is 15.6 Å². The van der Waals surface area contributed by atoms with Crippen LogP contribution in [-0.2, 0) is 20.1 Å². The monoisotopic (exact) mass is 421 g/mol. The summed E-state index contributed by atoms with van der Waals surface area (Å²) < 4.78 is 3.39. The molecule has 1 aliphatic rings. The number of aromatic nitrogens is 5. The minimum absolute atomic E-state index is 0.00606. The third kappa shape index (κ3) is 4.35. The molecule has 1 saturated heterocycles. The summed E-state index contributed by atoms with van der Waals surface area (Å²) in [4.78, 5) is 27.5. The van der Waals surface area contributed by atoms with E-state index in [1.165, 1.54) is 0 Å². The molecule has 1 N–H and O–H groups in total. The van der Waals surface area contributed by atoms with E-state index in [0.717, 1.165) is 29.8 Å². The van der Waals surface area contributed by atoms with Crippen LogP contribution < -0.4 is 5.32 Å². The van der Waals surface area contributed by atoms with Gasteiger partial charge in [-0.15, -0.1) is 5.10 Å². The minimum Gasteiger partial charge on any atom is -0.347 e. The molecule has 0 spiro atoms. The van der Waals surface area contributed by atoms with Crippen molar-refractivity contribution in [3.63, 3.8) is 0 Å². The molecule has 2 aromatic heterocycles. The van der Waals surface area contributed by atoms with Crippen molar-refractivity contribution >= 4 is 11.8 Å². The Bertz CT molecular complexity index is 1090. The number of carbonyl (C=O) groups is 2. The number of benzene rings is 1. The van der Waals surface area contributed by atoms with Crippen LogP contribution in [0.2, 0.25) is 0 Å². The summed E-state index contributed by atoms with van der Waals surface area (Å²) in [6, 6.07) is 9.71. The van der Waals surface area contributed by atoms with Gasteiger partial charge in [-0.05, 0) is 32.3 Å².